The van der Waals surface area contributed by atoms with Gasteiger partial charge in [-0.05, 0) is 12.0 Å². The van der Waals surface area contributed by atoms with Crippen molar-refractivity contribution < 1.29 is 9.84 Å². The van der Waals surface area contributed by atoms with Crippen molar-refractivity contribution in [3.8, 4) is 0 Å². The smallest absolute Gasteiger partial charge is 0.330 e. The number of hydrogen-bond acceptors (Lipinski definition) is 5. The SMILES string of the molecule is [N-]=[N+]=N[C@@H]1C[C@H](CO)O[C@H]1n1ccc(=O)[nH]c1=O. The number of aromatic nitrogens is 2. The molecule has 1 fully saturated rings. The molecule has 0 radical (unpaired) electrons. The first-order chi connectivity index (χ1) is 8.65. The van der Waals surface area contributed by atoms with Crippen LogP contribution in [-0.2, 0) is 4.74 Å². The molecule has 96 valence electrons. The normalized spacial score (nSPS) is 26.8. The average molecular weight is 253 g/mol. The van der Waals surface area contributed by atoms with Crippen molar-refractivity contribution in [3.05, 3.63) is 43.5 Å². The van der Waals surface area contributed by atoms with Crippen molar-refractivity contribution in [1.29, 1.82) is 0 Å². The van der Waals surface area contributed by atoms with Crippen molar-refractivity contribution >= 4 is 0 Å². The summed E-state index contributed by atoms with van der Waals surface area (Å²) in [7, 11) is 0. The molecule has 1 saturated heterocycles. The quantitative estimate of drug-likeness (QED) is 0.426. The zero-order chi connectivity index (χ0) is 13.1. The van der Waals surface area contributed by atoms with E-state index < -0.39 is 29.6 Å². The molecule has 9 heteroatoms. The molecule has 2 rings (SSSR count). The topological polar surface area (TPSA) is 133 Å². The highest BCUT2D eigenvalue weighted by Gasteiger charge is 2.36. The van der Waals surface area contributed by atoms with E-state index in [2.05, 4.69) is 15.0 Å². The molecule has 0 saturated carbocycles. The molecule has 1 aromatic rings. The van der Waals surface area contributed by atoms with Gasteiger partial charge in [-0.3, -0.25) is 14.3 Å². The summed E-state index contributed by atoms with van der Waals surface area (Å²) in [5.74, 6) is 0. The van der Waals surface area contributed by atoms with Crippen LogP contribution in [0.5, 0.6) is 0 Å². The van der Waals surface area contributed by atoms with Crippen LogP contribution in [-0.4, -0.2) is 33.4 Å². The average Bonchev–Trinajstić information content (AvgIpc) is 2.73. The molecule has 3 atom stereocenters. The van der Waals surface area contributed by atoms with Gasteiger partial charge in [-0.2, -0.15) is 0 Å². The fraction of sp³-hybridized carbons (Fsp3) is 0.556. The predicted molar refractivity (Wildman–Crippen MR) is 59.9 cm³/mol. The van der Waals surface area contributed by atoms with Gasteiger partial charge < -0.3 is 9.84 Å². The van der Waals surface area contributed by atoms with Gasteiger partial charge >= 0.3 is 5.69 Å². The fourth-order valence-corrected chi connectivity index (χ4v) is 1.90. The first-order valence-electron chi connectivity index (χ1n) is 5.27. The van der Waals surface area contributed by atoms with E-state index >= 15 is 0 Å². The first kappa shape index (κ1) is 12.4. The molecular formula is C9H11N5O4. The molecule has 9 nitrogen and oxygen atoms in total. The van der Waals surface area contributed by atoms with Crippen molar-refractivity contribution in [2.45, 2.75) is 24.8 Å². The summed E-state index contributed by atoms with van der Waals surface area (Å²) in [5.41, 5.74) is 7.29. The van der Waals surface area contributed by atoms with Crippen LogP contribution in [0.25, 0.3) is 10.4 Å². The minimum absolute atomic E-state index is 0.230. The second kappa shape index (κ2) is 5.05. The highest BCUT2D eigenvalue weighted by atomic mass is 16.5. The second-order valence-corrected chi connectivity index (χ2v) is 3.86. The summed E-state index contributed by atoms with van der Waals surface area (Å²) >= 11 is 0. The molecule has 0 aliphatic carbocycles. The highest BCUT2D eigenvalue weighted by Crippen LogP contribution is 2.29. The van der Waals surface area contributed by atoms with E-state index in [-0.39, 0.29) is 6.61 Å². The lowest BCUT2D eigenvalue weighted by Gasteiger charge is -2.17. The summed E-state index contributed by atoms with van der Waals surface area (Å²) in [4.78, 5) is 27.3. The third kappa shape index (κ3) is 2.28. The van der Waals surface area contributed by atoms with E-state index in [9.17, 15) is 9.59 Å². The molecule has 18 heavy (non-hydrogen) atoms. The van der Waals surface area contributed by atoms with Crippen LogP contribution in [0.1, 0.15) is 12.6 Å². The van der Waals surface area contributed by atoms with Crippen molar-refractivity contribution in [2.75, 3.05) is 6.61 Å². The van der Waals surface area contributed by atoms with Gasteiger partial charge in [0.1, 0.15) is 6.23 Å². The maximum atomic E-state index is 11.6. The Hall–Kier alpha value is -2.09. The molecule has 0 amide bonds. The Morgan fingerprint density at radius 3 is 3.06 bits per heavy atom. The maximum absolute atomic E-state index is 11.6. The lowest BCUT2D eigenvalue weighted by Crippen LogP contribution is -2.34. The Morgan fingerprint density at radius 1 is 1.67 bits per heavy atom. The molecule has 1 aromatic heterocycles. The Kier molecular flexibility index (Phi) is 3.47. The van der Waals surface area contributed by atoms with Crippen LogP contribution in [0, 0.1) is 0 Å². The Balaban J connectivity index is 2.38. The summed E-state index contributed by atoms with van der Waals surface area (Å²) in [5, 5.41) is 12.6. The zero-order valence-electron chi connectivity index (χ0n) is 9.26. The van der Waals surface area contributed by atoms with Crippen LogP contribution >= 0.6 is 0 Å². The molecule has 2 heterocycles. The number of hydrogen-bond donors (Lipinski definition) is 2. The number of nitrogens with zero attached hydrogens (tertiary/aromatic N) is 4. The molecular weight excluding hydrogens is 242 g/mol. The molecule has 1 aliphatic rings. The van der Waals surface area contributed by atoms with Crippen LogP contribution in [0.2, 0.25) is 0 Å². The number of aromatic amines is 1. The number of azide groups is 1. The fourth-order valence-electron chi connectivity index (χ4n) is 1.90. The van der Waals surface area contributed by atoms with E-state index in [4.69, 9.17) is 15.4 Å². The lowest BCUT2D eigenvalue weighted by atomic mass is 10.2. The summed E-state index contributed by atoms with van der Waals surface area (Å²) in [6.07, 6.45) is 0.272. The first-order valence-corrected chi connectivity index (χ1v) is 5.27. The van der Waals surface area contributed by atoms with Crippen molar-refractivity contribution in [2.24, 2.45) is 5.11 Å². The van der Waals surface area contributed by atoms with E-state index in [0.717, 1.165) is 4.57 Å². The zero-order valence-corrected chi connectivity index (χ0v) is 9.26. The number of aliphatic hydroxyl groups is 1. The van der Waals surface area contributed by atoms with Crippen molar-refractivity contribution in [1.82, 2.24) is 9.55 Å². The molecule has 1 aliphatic heterocycles. The lowest BCUT2D eigenvalue weighted by molar-refractivity contribution is -0.0279. The maximum Gasteiger partial charge on any atom is 0.330 e. The molecule has 0 unspecified atom stereocenters. The minimum atomic E-state index is -0.817. The highest BCUT2D eigenvalue weighted by molar-refractivity contribution is 4.91. The largest absolute Gasteiger partial charge is 0.394 e. The van der Waals surface area contributed by atoms with Crippen molar-refractivity contribution in [3.63, 3.8) is 0 Å². The van der Waals surface area contributed by atoms with Gasteiger partial charge in [0, 0.05) is 17.2 Å². The number of aliphatic hydroxyl groups excluding tert-OH is 1. The monoisotopic (exact) mass is 253 g/mol. The number of H-pyrrole nitrogens is 1. The number of rotatable bonds is 3. The molecule has 0 bridgehead atoms. The van der Waals surface area contributed by atoms with Gasteiger partial charge in [0.05, 0.1) is 18.8 Å². The third-order valence-electron chi connectivity index (χ3n) is 2.69. The standard InChI is InChI=1S/C9H11N5O4/c10-13-12-6-3-5(4-15)18-8(6)14-2-1-7(16)11-9(14)17/h1-2,5-6,8,15H,3-4H2,(H,11,16,17)/t5-,6-,8-/m1/s1. The predicted octanol–water partition coefficient (Wildman–Crippen LogP) is -0.505. The Morgan fingerprint density at radius 2 is 2.44 bits per heavy atom. The summed E-state index contributed by atoms with van der Waals surface area (Å²) < 4.78 is 6.54. The van der Waals surface area contributed by atoms with Crippen LogP contribution in [0.15, 0.2) is 27.0 Å². The molecule has 0 aromatic carbocycles. The van der Waals surface area contributed by atoms with Crippen LogP contribution < -0.4 is 11.2 Å². The van der Waals surface area contributed by atoms with Gasteiger partial charge in [-0.25, -0.2) is 4.79 Å². The Labute approximate surface area is 100 Å². The van der Waals surface area contributed by atoms with Crippen LogP contribution in [0.4, 0.5) is 0 Å². The minimum Gasteiger partial charge on any atom is -0.394 e. The van der Waals surface area contributed by atoms with E-state index in [1.807, 2.05) is 0 Å². The number of nitrogens with one attached hydrogen (secondary N) is 1. The number of ether oxygens (including phenoxy) is 1. The second-order valence-electron chi connectivity index (χ2n) is 3.86. The van der Waals surface area contributed by atoms with Gasteiger partial charge in [0.15, 0.2) is 0 Å². The Bertz CT molecular complexity index is 587. The van der Waals surface area contributed by atoms with Crippen LogP contribution in [0.3, 0.4) is 0 Å². The summed E-state index contributed by atoms with van der Waals surface area (Å²) in [6, 6.07) is 0.570. The van der Waals surface area contributed by atoms with E-state index in [1.165, 1.54) is 12.3 Å². The van der Waals surface area contributed by atoms with Gasteiger partial charge in [-0.15, -0.1) is 0 Å². The van der Waals surface area contributed by atoms with Gasteiger partial charge in [-0.1, -0.05) is 5.11 Å². The molecule has 2 N–H and O–H groups in total. The van der Waals surface area contributed by atoms with Gasteiger partial charge in [0.2, 0.25) is 0 Å². The van der Waals surface area contributed by atoms with E-state index in [1.54, 1.807) is 0 Å². The third-order valence-corrected chi connectivity index (χ3v) is 2.69. The van der Waals surface area contributed by atoms with Gasteiger partial charge in [0.25, 0.3) is 5.56 Å². The van der Waals surface area contributed by atoms with E-state index in [0.29, 0.717) is 6.42 Å². The molecule has 0 spiro atoms. The summed E-state index contributed by atoms with van der Waals surface area (Å²) in [6.45, 7) is -0.230.